The summed E-state index contributed by atoms with van der Waals surface area (Å²) >= 11 is 0. The van der Waals surface area contributed by atoms with Crippen LogP contribution in [0.5, 0.6) is 0 Å². The quantitative estimate of drug-likeness (QED) is 0.759. The first-order chi connectivity index (χ1) is 12.0. The van der Waals surface area contributed by atoms with Gasteiger partial charge < -0.3 is 4.98 Å². The monoisotopic (exact) mass is 335 g/mol. The van der Waals surface area contributed by atoms with Gasteiger partial charge in [-0.2, -0.15) is 0 Å². The molecule has 25 heavy (non-hydrogen) atoms. The number of nitrogens with one attached hydrogen (secondary N) is 1. The molecule has 0 amide bonds. The third-order valence-electron chi connectivity index (χ3n) is 4.77. The van der Waals surface area contributed by atoms with Gasteiger partial charge in [-0.25, -0.2) is 4.98 Å². The van der Waals surface area contributed by atoms with Crippen molar-refractivity contribution in [1.29, 1.82) is 0 Å². The number of rotatable bonds is 5. The van der Waals surface area contributed by atoms with Gasteiger partial charge in [-0.3, -0.25) is 9.69 Å². The lowest BCUT2D eigenvalue weighted by Gasteiger charge is -2.24. The fourth-order valence-electron chi connectivity index (χ4n) is 2.94. The number of benzene rings is 2. The molecule has 0 bridgehead atoms. The van der Waals surface area contributed by atoms with Crippen LogP contribution in [0.4, 0.5) is 0 Å². The van der Waals surface area contributed by atoms with Gasteiger partial charge in [-0.1, -0.05) is 50.2 Å². The molecule has 1 heterocycles. The minimum absolute atomic E-state index is 0.0158. The molecular formula is C21H25N3O. The Labute approximate surface area is 148 Å². The molecule has 1 N–H and O–H groups in total. The summed E-state index contributed by atoms with van der Waals surface area (Å²) in [5, 5.41) is 0.630. The number of para-hydroxylation sites is 1. The van der Waals surface area contributed by atoms with Crippen molar-refractivity contribution in [2.75, 3.05) is 7.05 Å². The third-order valence-corrected chi connectivity index (χ3v) is 4.77. The van der Waals surface area contributed by atoms with Gasteiger partial charge in [0.15, 0.2) is 0 Å². The Balaban J connectivity index is 1.80. The Bertz CT molecular complexity index is 912. The number of nitrogens with zero attached hydrogens (tertiary/aromatic N) is 2. The zero-order valence-corrected chi connectivity index (χ0v) is 15.3. The van der Waals surface area contributed by atoms with Crippen molar-refractivity contribution in [1.82, 2.24) is 14.9 Å². The molecule has 3 rings (SSSR count). The van der Waals surface area contributed by atoms with E-state index in [4.69, 9.17) is 0 Å². The van der Waals surface area contributed by atoms with Crippen LogP contribution in [0.3, 0.4) is 0 Å². The van der Waals surface area contributed by atoms with E-state index < -0.39 is 0 Å². The molecule has 0 aliphatic rings. The number of H-pyrrole nitrogens is 1. The zero-order chi connectivity index (χ0) is 18.0. The van der Waals surface area contributed by atoms with Crippen molar-refractivity contribution in [3.8, 4) is 0 Å². The smallest absolute Gasteiger partial charge is 0.258 e. The summed E-state index contributed by atoms with van der Waals surface area (Å²) in [6, 6.07) is 16.2. The van der Waals surface area contributed by atoms with Gasteiger partial charge in [0.2, 0.25) is 0 Å². The Hall–Kier alpha value is -2.46. The number of fused-ring (bicyclic) bond motifs is 1. The van der Waals surface area contributed by atoms with Gasteiger partial charge in [0.25, 0.3) is 5.56 Å². The van der Waals surface area contributed by atoms with Gasteiger partial charge in [-0.15, -0.1) is 0 Å². The topological polar surface area (TPSA) is 49.0 Å². The van der Waals surface area contributed by atoms with E-state index in [0.717, 1.165) is 12.1 Å². The molecule has 4 nitrogen and oxygen atoms in total. The van der Waals surface area contributed by atoms with Crippen molar-refractivity contribution < 1.29 is 0 Å². The minimum atomic E-state index is -0.0814. The Morgan fingerprint density at radius 2 is 1.72 bits per heavy atom. The molecule has 0 saturated carbocycles. The van der Waals surface area contributed by atoms with E-state index in [1.54, 1.807) is 6.07 Å². The highest BCUT2D eigenvalue weighted by atomic mass is 16.1. The minimum Gasteiger partial charge on any atom is -0.309 e. The van der Waals surface area contributed by atoms with Gasteiger partial charge in [0.1, 0.15) is 5.82 Å². The van der Waals surface area contributed by atoms with Crippen LogP contribution < -0.4 is 5.56 Å². The van der Waals surface area contributed by atoms with Crippen molar-refractivity contribution >= 4 is 10.9 Å². The van der Waals surface area contributed by atoms with Crippen molar-refractivity contribution in [3.05, 3.63) is 75.8 Å². The van der Waals surface area contributed by atoms with E-state index in [1.807, 2.05) is 18.2 Å². The SMILES string of the molecule is CC(C)c1ccc(CN(C)[C@@H](C)c2nc3ccccc3c(=O)[nH]2)cc1. The van der Waals surface area contributed by atoms with Gasteiger partial charge in [-0.05, 0) is 43.1 Å². The molecule has 1 aromatic heterocycles. The number of hydrogen-bond acceptors (Lipinski definition) is 3. The molecular weight excluding hydrogens is 310 g/mol. The average molecular weight is 335 g/mol. The van der Waals surface area contributed by atoms with Crippen LogP contribution in [0.1, 0.15) is 49.7 Å². The van der Waals surface area contributed by atoms with E-state index in [0.29, 0.717) is 17.1 Å². The number of hydrogen-bond donors (Lipinski definition) is 1. The average Bonchev–Trinajstić information content (AvgIpc) is 2.61. The first-order valence-electron chi connectivity index (χ1n) is 8.73. The number of aromatic nitrogens is 2. The van der Waals surface area contributed by atoms with E-state index in [-0.39, 0.29) is 11.6 Å². The van der Waals surface area contributed by atoms with Gasteiger partial charge >= 0.3 is 0 Å². The predicted octanol–water partition coefficient (Wildman–Crippen LogP) is 4.24. The Kier molecular flexibility index (Phi) is 5.00. The van der Waals surface area contributed by atoms with Crippen molar-refractivity contribution in [2.24, 2.45) is 0 Å². The highest BCUT2D eigenvalue weighted by Gasteiger charge is 2.16. The molecule has 2 aromatic carbocycles. The van der Waals surface area contributed by atoms with Crippen molar-refractivity contribution in [3.63, 3.8) is 0 Å². The summed E-state index contributed by atoms with van der Waals surface area (Å²) in [7, 11) is 2.05. The summed E-state index contributed by atoms with van der Waals surface area (Å²) < 4.78 is 0. The summed E-state index contributed by atoms with van der Waals surface area (Å²) in [6.45, 7) is 7.27. The second-order valence-electron chi connectivity index (χ2n) is 6.96. The molecule has 4 heteroatoms. The van der Waals surface area contributed by atoms with Gasteiger partial charge in [0.05, 0.1) is 16.9 Å². The fraction of sp³-hybridized carbons (Fsp3) is 0.333. The summed E-state index contributed by atoms with van der Waals surface area (Å²) in [5.41, 5.74) is 3.26. The Morgan fingerprint density at radius 3 is 2.40 bits per heavy atom. The third kappa shape index (κ3) is 3.80. The summed E-state index contributed by atoms with van der Waals surface area (Å²) in [5.74, 6) is 1.24. The van der Waals surface area contributed by atoms with E-state index in [9.17, 15) is 4.79 Å². The van der Waals surface area contributed by atoms with Crippen LogP contribution in [0, 0.1) is 0 Å². The van der Waals surface area contributed by atoms with E-state index in [2.05, 4.69) is 67.0 Å². The van der Waals surface area contributed by atoms with Crippen LogP contribution >= 0.6 is 0 Å². The molecule has 0 saturated heterocycles. The lowest BCUT2D eigenvalue weighted by molar-refractivity contribution is 0.244. The lowest BCUT2D eigenvalue weighted by Crippen LogP contribution is -2.26. The molecule has 0 radical (unpaired) electrons. The van der Waals surface area contributed by atoms with E-state index in [1.165, 1.54) is 11.1 Å². The molecule has 130 valence electrons. The predicted molar refractivity (Wildman–Crippen MR) is 103 cm³/mol. The van der Waals surface area contributed by atoms with Crippen LogP contribution in [0.25, 0.3) is 10.9 Å². The molecule has 0 aliphatic heterocycles. The molecule has 0 spiro atoms. The van der Waals surface area contributed by atoms with Crippen LogP contribution in [-0.2, 0) is 6.54 Å². The first kappa shape index (κ1) is 17.4. The Morgan fingerprint density at radius 1 is 1.04 bits per heavy atom. The molecule has 0 unspecified atom stereocenters. The molecule has 1 atom stereocenters. The normalized spacial score (nSPS) is 12.9. The fourth-order valence-corrected chi connectivity index (χ4v) is 2.94. The summed E-state index contributed by atoms with van der Waals surface area (Å²) in [4.78, 5) is 22.0. The van der Waals surface area contributed by atoms with Crippen LogP contribution in [-0.4, -0.2) is 21.9 Å². The van der Waals surface area contributed by atoms with Crippen molar-refractivity contribution in [2.45, 2.75) is 39.3 Å². The standard InChI is InChI=1S/C21H25N3O/c1-14(2)17-11-9-16(10-12-17)13-24(4)15(3)20-22-19-8-6-5-7-18(19)21(25)23-20/h5-12,14-15H,13H2,1-4H3,(H,22,23,25)/t15-/m0/s1. The highest BCUT2D eigenvalue weighted by Crippen LogP contribution is 2.20. The van der Waals surface area contributed by atoms with Gasteiger partial charge in [0, 0.05) is 6.54 Å². The second kappa shape index (κ2) is 7.19. The molecule has 3 aromatic rings. The maximum atomic E-state index is 12.3. The lowest BCUT2D eigenvalue weighted by atomic mass is 10.0. The molecule has 0 fully saturated rings. The maximum Gasteiger partial charge on any atom is 0.258 e. The summed E-state index contributed by atoms with van der Waals surface area (Å²) in [6.07, 6.45) is 0. The zero-order valence-electron chi connectivity index (χ0n) is 15.3. The van der Waals surface area contributed by atoms with Crippen LogP contribution in [0.15, 0.2) is 53.3 Å². The maximum absolute atomic E-state index is 12.3. The van der Waals surface area contributed by atoms with E-state index >= 15 is 0 Å². The first-order valence-corrected chi connectivity index (χ1v) is 8.73. The largest absolute Gasteiger partial charge is 0.309 e. The molecule has 0 aliphatic carbocycles. The number of aromatic amines is 1. The highest BCUT2D eigenvalue weighted by molar-refractivity contribution is 5.77. The van der Waals surface area contributed by atoms with Crippen LogP contribution in [0.2, 0.25) is 0 Å². The second-order valence-corrected chi connectivity index (χ2v) is 6.96.